The monoisotopic (exact) mass is 352 g/mol. The lowest BCUT2D eigenvalue weighted by molar-refractivity contribution is 0.590. The van der Waals surface area contributed by atoms with E-state index in [0.29, 0.717) is 5.82 Å². The van der Waals surface area contributed by atoms with Crippen LogP contribution in [0, 0.1) is 6.92 Å². The molecule has 0 bridgehead atoms. The van der Waals surface area contributed by atoms with Crippen molar-refractivity contribution >= 4 is 11.8 Å². The van der Waals surface area contributed by atoms with Crippen molar-refractivity contribution in [1.29, 1.82) is 0 Å². The van der Waals surface area contributed by atoms with E-state index in [2.05, 4.69) is 80.4 Å². The van der Waals surface area contributed by atoms with E-state index >= 15 is 0 Å². The first-order valence-corrected chi connectivity index (χ1v) is 9.33. The van der Waals surface area contributed by atoms with Crippen molar-refractivity contribution in [2.45, 2.75) is 44.0 Å². The molecule has 0 aliphatic carbocycles. The van der Waals surface area contributed by atoms with Gasteiger partial charge < -0.3 is 5.84 Å². The summed E-state index contributed by atoms with van der Waals surface area (Å²) >= 11 is 1.60. The predicted molar refractivity (Wildman–Crippen MR) is 105 cm³/mol. The summed E-state index contributed by atoms with van der Waals surface area (Å²) in [6, 6.07) is 16.7. The Bertz CT molecular complexity index is 860. The number of rotatable bonds is 4. The van der Waals surface area contributed by atoms with Crippen LogP contribution in [0.1, 0.15) is 37.5 Å². The van der Waals surface area contributed by atoms with Crippen molar-refractivity contribution in [1.82, 2.24) is 14.9 Å². The van der Waals surface area contributed by atoms with Crippen LogP contribution < -0.4 is 5.84 Å². The van der Waals surface area contributed by atoms with Crippen molar-refractivity contribution in [2.24, 2.45) is 0 Å². The van der Waals surface area contributed by atoms with Crippen LogP contribution in [0.5, 0.6) is 0 Å². The molecule has 0 saturated heterocycles. The molecule has 2 aromatic carbocycles. The Hall–Kier alpha value is -2.27. The number of aryl methyl sites for hydroxylation is 1. The van der Waals surface area contributed by atoms with Crippen molar-refractivity contribution < 1.29 is 0 Å². The summed E-state index contributed by atoms with van der Waals surface area (Å²) in [5.41, 5.74) is 4.95. The highest BCUT2D eigenvalue weighted by atomic mass is 32.2. The molecule has 2 N–H and O–H groups in total. The molecule has 3 rings (SSSR count). The van der Waals surface area contributed by atoms with E-state index in [4.69, 9.17) is 5.84 Å². The molecule has 3 aromatic rings. The van der Waals surface area contributed by atoms with Gasteiger partial charge in [0.15, 0.2) is 5.82 Å². The molecule has 0 saturated carbocycles. The summed E-state index contributed by atoms with van der Waals surface area (Å²) in [5.74, 6) is 7.74. The Morgan fingerprint density at radius 3 is 2.32 bits per heavy atom. The summed E-state index contributed by atoms with van der Waals surface area (Å²) in [6.45, 7) is 8.72. The zero-order valence-electron chi connectivity index (χ0n) is 15.2. The second kappa shape index (κ2) is 6.92. The number of hydrogen-bond donors (Lipinski definition) is 1. The quantitative estimate of drug-likeness (QED) is 0.552. The predicted octanol–water partition coefficient (Wildman–Crippen LogP) is 4.56. The van der Waals surface area contributed by atoms with Gasteiger partial charge in [0.25, 0.3) is 0 Å². The summed E-state index contributed by atoms with van der Waals surface area (Å²) < 4.78 is 1.58. The Morgan fingerprint density at radius 1 is 1.00 bits per heavy atom. The Balaban J connectivity index is 1.78. The number of nitrogens with two attached hydrogens (primary N) is 1. The Labute approximate surface area is 153 Å². The summed E-state index contributed by atoms with van der Waals surface area (Å²) in [4.78, 5) is 0. The average molecular weight is 353 g/mol. The van der Waals surface area contributed by atoms with Gasteiger partial charge in [0.2, 0.25) is 5.16 Å². The lowest BCUT2D eigenvalue weighted by atomic mass is 9.87. The first-order chi connectivity index (χ1) is 11.9. The fourth-order valence-corrected chi connectivity index (χ4v) is 3.54. The molecule has 0 aliphatic rings. The fraction of sp³-hybridized carbons (Fsp3) is 0.300. The Morgan fingerprint density at radius 2 is 1.68 bits per heavy atom. The maximum absolute atomic E-state index is 6.23. The van der Waals surface area contributed by atoms with E-state index in [1.165, 1.54) is 16.7 Å². The van der Waals surface area contributed by atoms with Gasteiger partial charge in [0.05, 0.1) is 0 Å². The van der Waals surface area contributed by atoms with Crippen molar-refractivity contribution in [3.63, 3.8) is 0 Å². The van der Waals surface area contributed by atoms with E-state index in [1.54, 1.807) is 16.4 Å². The van der Waals surface area contributed by atoms with Crippen LogP contribution in [-0.2, 0) is 11.2 Å². The third-order valence-corrected chi connectivity index (χ3v) is 5.28. The third kappa shape index (κ3) is 3.87. The Kier molecular flexibility index (Phi) is 4.86. The zero-order valence-corrected chi connectivity index (χ0v) is 16.0. The van der Waals surface area contributed by atoms with Crippen LogP contribution in [0.15, 0.2) is 53.7 Å². The molecule has 0 aliphatic heterocycles. The molecule has 1 aromatic heterocycles. The number of aromatic nitrogens is 3. The van der Waals surface area contributed by atoms with E-state index in [9.17, 15) is 0 Å². The smallest absolute Gasteiger partial charge is 0.210 e. The minimum Gasteiger partial charge on any atom is -0.335 e. The summed E-state index contributed by atoms with van der Waals surface area (Å²) in [6.07, 6.45) is 0. The van der Waals surface area contributed by atoms with E-state index in [1.807, 2.05) is 6.07 Å². The molecule has 130 valence electrons. The van der Waals surface area contributed by atoms with Crippen LogP contribution >= 0.6 is 11.8 Å². The molecule has 25 heavy (non-hydrogen) atoms. The molecule has 0 amide bonds. The van der Waals surface area contributed by atoms with Crippen LogP contribution in [0.3, 0.4) is 0 Å². The normalized spacial score (nSPS) is 11.7. The SMILES string of the molecule is Cc1ccccc1CSc1nnc(-c2ccc(C(C)(C)C)cc2)n1N. The first-order valence-electron chi connectivity index (χ1n) is 8.35. The van der Waals surface area contributed by atoms with Gasteiger partial charge in [0.1, 0.15) is 0 Å². The van der Waals surface area contributed by atoms with Crippen LogP contribution in [0.25, 0.3) is 11.4 Å². The van der Waals surface area contributed by atoms with E-state index in [-0.39, 0.29) is 5.41 Å². The number of benzene rings is 2. The van der Waals surface area contributed by atoms with Crippen molar-refractivity contribution in [2.75, 3.05) is 5.84 Å². The first kappa shape index (κ1) is 17.5. The second-order valence-corrected chi connectivity index (χ2v) is 8.16. The molecule has 0 atom stereocenters. The van der Waals surface area contributed by atoms with Crippen LogP contribution in [0.4, 0.5) is 0 Å². The molecule has 0 radical (unpaired) electrons. The maximum atomic E-state index is 6.23. The maximum Gasteiger partial charge on any atom is 0.210 e. The van der Waals surface area contributed by atoms with E-state index in [0.717, 1.165) is 16.5 Å². The van der Waals surface area contributed by atoms with Crippen LogP contribution in [0.2, 0.25) is 0 Å². The molecular formula is C20H24N4S. The number of nitrogens with zero attached hydrogens (tertiary/aromatic N) is 3. The van der Waals surface area contributed by atoms with Gasteiger partial charge in [-0.3, -0.25) is 0 Å². The molecule has 0 spiro atoms. The fourth-order valence-electron chi connectivity index (χ4n) is 2.61. The van der Waals surface area contributed by atoms with Gasteiger partial charge in [-0.05, 0) is 29.0 Å². The van der Waals surface area contributed by atoms with Crippen molar-refractivity contribution in [3.05, 3.63) is 65.2 Å². The minimum absolute atomic E-state index is 0.128. The van der Waals surface area contributed by atoms with Gasteiger partial charge in [0, 0.05) is 11.3 Å². The summed E-state index contributed by atoms with van der Waals surface area (Å²) in [7, 11) is 0. The second-order valence-electron chi connectivity index (χ2n) is 7.22. The van der Waals surface area contributed by atoms with Crippen molar-refractivity contribution in [3.8, 4) is 11.4 Å². The van der Waals surface area contributed by atoms with Gasteiger partial charge >= 0.3 is 0 Å². The largest absolute Gasteiger partial charge is 0.335 e. The summed E-state index contributed by atoms with van der Waals surface area (Å²) in [5, 5.41) is 9.26. The topological polar surface area (TPSA) is 56.7 Å². The molecule has 1 heterocycles. The van der Waals surface area contributed by atoms with Crippen LogP contribution in [-0.4, -0.2) is 14.9 Å². The zero-order chi connectivity index (χ0) is 18.0. The lowest BCUT2D eigenvalue weighted by Gasteiger charge is -2.19. The van der Waals surface area contributed by atoms with Gasteiger partial charge in [-0.25, -0.2) is 4.68 Å². The number of hydrogen-bond acceptors (Lipinski definition) is 4. The molecule has 0 unspecified atom stereocenters. The molecule has 4 nitrogen and oxygen atoms in total. The number of nitrogen functional groups attached to an aromatic ring is 1. The highest BCUT2D eigenvalue weighted by Crippen LogP contribution is 2.27. The highest BCUT2D eigenvalue weighted by Gasteiger charge is 2.16. The molecule has 0 fully saturated rings. The average Bonchev–Trinajstić information content (AvgIpc) is 2.94. The van der Waals surface area contributed by atoms with Gasteiger partial charge in [-0.2, -0.15) is 0 Å². The van der Waals surface area contributed by atoms with E-state index < -0.39 is 0 Å². The lowest BCUT2D eigenvalue weighted by Crippen LogP contribution is -2.12. The van der Waals surface area contributed by atoms with Gasteiger partial charge in [-0.1, -0.05) is 81.1 Å². The van der Waals surface area contributed by atoms with Gasteiger partial charge in [-0.15, -0.1) is 10.2 Å². The molecular weight excluding hydrogens is 328 g/mol. The standard InChI is InChI=1S/C20H24N4S/c1-14-7-5-6-8-16(14)13-25-19-23-22-18(24(19)21)15-9-11-17(12-10-15)20(2,3)4/h5-12H,13,21H2,1-4H3. The number of thioether (sulfide) groups is 1. The highest BCUT2D eigenvalue weighted by molar-refractivity contribution is 7.98. The minimum atomic E-state index is 0.128. The molecule has 5 heteroatoms. The third-order valence-electron chi connectivity index (χ3n) is 4.29.